The van der Waals surface area contributed by atoms with Crippen molar-refractivity contribution in [3.63, 3.8) is 0 Å². The van der Waals surface area contributed by atoms with E-state index in [1.807, 2.05) is 0 Å². The molecule has 9 heteroatoms. The third-order valence-corrected chi connectivity index (χ3v) is 4.04. The highest BCUT2D eigenvalue weighted by Crippen LogP contribution is 2.26. The molecule has 0 aliphatic carbocycles. The highest BCUT2D eigenvalue weighted by atomic mass is 35.5. The van der Waals surface area contributed by atoms with E-state index in [9.17, 15) is 21.6 Å². The van der Waals surface area contributed by atoms with Crippen LogP contribution in [-0.4, -0.2) is 14.8 Å². The molecular formula is C13H9ClF3NO3S. The minimum absolute atomic E-state index is 0.189. The number of ether oxygens (including phenoxy) is 1. The maximum atomic E-state index is 12.2. The summed E-state index contributed by atoms with van der Waals surface area (Å²) < 4.78 is 66.7. The Kier molecular flexibility index (Phi) is 4.52. The second-order valence-corrected chi connectivity index (χ2v) is 6.26. The Labute approximate surface area is 129 Å². The summed E-state index contributed by atoms with van der Waals surface area (Å²) in [5.41, 5.74) is 0.189. The van der Waals surface area contributed by atoms with Gasteiger partial charge in [0.25, 0.3) is 10.0 Å². The van der Waals surface area contributed by atoms with Gasteiger partial charge in [-0.3, -0.25) is 4.72 Å². The van der Waals surface area contributed by atoms with E-state index >= 15 is 0 Å². The molecule has 4 nitrogen and oxygen atoms in total. The van der Waals surface area contributed by atoms with Gasteiger partial charge in [0.2, 0.25) is 0 Å². The molecular weight excluding hydrogens is 343 g/mol. The number of hydrogen-bond acceptors (Lipinski definition) is 3. The minimum Gasteiger partial charge on any atom is -0.406 e. The van der Waals surface area contributed by atoms with Crippen LogP contribution in [0.5, 0.6) is 5.75 Å². The first kappa shape index (κ1) is 16.4. The molecule has 0 saturated carbocycles. The molecule has 22 heavy (non-hydrogen) atoms. The Morgan fingerprint density at radius 1 is 1.05 bits per heavy atom. The van der Waals surface area contributed by atoms with Gasteiger partial charge in [0.1, 0.15) is 5.75 Å². The first-order valence-corrected chi connectivity index (χ1v) is 7.66. The van der Waals surface area contributed by atoms with Gasteiger partial charge in [-0.05, 0) is 30.3 Å². The van der Waals surface area contributed by atoms with Crippen LogP contribution in [0.1, 0.15) is 0 Å². The molecule has 0 amide bonds. The topological polar surface area (TPSA) is 55.4 Å². The quantitative estimate of drug-likeness (QED) is 0.904. The van der Waals surface area contributed by atoms with Gasteiger partial charge in [0.05, 0.1) is 10.6 Å². The van der Waals surface area contributed by atoms with Crippen molar-refractivity contribution in [2.45, 2.75) is 11.3 Å². The molecule has 0 saturated heterocycles. The molecule has 2 rings (SSSR count). The first-order valence-electron chi connectivity index (χ1n) is 5.80. The molecule has 0 bridgehead atoms. The Hall–Kier alpha value is -1.93. The standard InChI is InChI=1S/C13H9ClF3NO3S/c14-9-3-1-4-10(7-9)18-22(19,20)12-6-2-5-11(8-12)21-13(15,16)17/h1-8,18H. The Balaban J connectivity index is 2.28. The molecule has 0 aliphatic heterocycles. The molecule has 0 aromatic heterocycles. The van der Waals surface area contributed by atoms with Crippen molar-refractivity contribution in [3.05, 3.63) is 53.6 Å². The van der Waals surface area contributed by atoms with Gasteiger partial charge in [0.15, 0.2) is 0 Å². The predicted molar refractivity (Wildman–Crippen MR) is 75.4 cm³/mol. The van der Waals surface area contributed by atoms with Crippen LogP contribution >= 0.6 is 11.6 Å². The van der Waals surface area contributed by atoms with Crippen LogP contribution in [0.25, 0.3) is 0 Å². The fourth-order valence-corrected chi connectivity index (χ4v) is 2.88. The zero-order valence-electron chi connectivity index (χ0n) is 10.8. The largest absolute Gasteiger partial charge is 0.573 e. The fourth-order valence-electron chi connectivity index (χ4n) is 1.60. The minimum atomic E-state index is -4.90. The molecule has 0 spiro atoms. The third-order valence-electron chi connectivity index (χ3n) is 2.43. The maximum absolute atomic E-state index is 12.2. The van der Waals surface area contributed by atoms with Crippen molar-refractivity contribution in [2.24, 2.45) is 0 Å². The van der Waals surface area contributed by atoms with Crippen molar-refractivity contribution >= 4 is 27.3 Å². The highest BCUT2D eigenvalue weighted by molar-refractivity contribution is 7.92. The Morgan fingerprint density at radius 3 is 2.36 bits per heavy atom. The molecule has 2 aromatic rings. The monoisotopic (exact) mass is 351 g/mol. The average molecular weight is 352 g/mol. The number of benzene rings is 2. The molecule has 0 unspecified atom stereocenters. The van der Waals surface area contributed by atoms with Crippen LogP contribution in [0.3, 0.4) is 0 Å². The number of alkyl halides is 3. The van der Waals surface area contributed by atoms with Crippen molar-refractivity contribution < 1.29 is 26.3 Å². The van der Waals surface area contributed by atoms with E-state index in [0.29, 0.717) is 5.02 Å². The summed E-state index contributed by atoms with van der Waals surface area (Å²) in [5, 5.41) is 0.314. The smallest absolute Gasteiger partial charge is 0.406 e. The van der Waals surface area contributed by atoms with Crippen molar-refractivity contribution in [1.82, 2.24) is 0 Å². The van der Waals surface area contributed by atoms with Crippen LogP contribution in [0.4, 0.5) is 18.9 Å². The lowest BCUT2D eigenvalue weighted by Gasteiger charge is -2.11. The Bertz CT molecular complexity index is 778. The number of sulfonamides is 1. The lowest BCUT2D eigenvalue weighted by atomic mass is 10.3. The normalized spacial score (nSPS) is 12.0. The van der Waals surface area contributed by atoms with Gasteiger partial charge in [-0.25, -0.2) is 8.42 Å². The van der Waals surface area contributed by atoms with Crippen LogP contribution in [0, 0.1) is 0 Å². The van der Waals surface area contributed by atoms with E-state index < -0.39 is 22.1 Å². The van der Waals surface area contributed by atoms with Crippen LogP contribution in [0.2, 0.25) is 5.02 Å². The molecule has 2 aromatic carbocycles. The fraction of sp³-hybridized carbons (Fsp3) is 0.0769. The average Bonchev–Trinajstić information content (AvgIpc) is 2.36. The highest BCUT2D eigenvalue weighted by Gasteiger charge is 2.31. The summed E-state index contributed by atoms with van der Waals surface area (Å²) in [5.74, 6) is -0.624. The molecule has 118 valence electrons. The summed E-state index contributed by atoms with van der Waals surface area (Å²) in [4.78, 5) is -0.366. The lowest BCUT2D eigenvalue weighted by molar-refractivity contribution is -0.274. The first-order chi connectivity index (χ1) is 10.2. The van der Waals surface area contributed by atoms with Gasteiger partial charge >= 0.3 is 6.36 Å². The number of rotatable bonds is 4. The molecule has 0 atom stereocenters. The second-order valence-electron chi connectivity index (χ2n) is 4.14. The van der Waals surface area contributed by atoms with E-state index in [-0.39, 0.29) is 10.6 Å². The van der Waals surface area contributed by atoms with Crippen LogP contribution in [0.15, 0.2) is 53.4 Å². The van der Waals surface area contributed by atoms with E-state index in [2.05, 4.69) is 9.46 Å². The lowest BCUT2D eigenvalue weighted by Crippen LogP contribution is -2.18. The molecule has 0 fully saturated rings. The SMILES string of the molecule is O=S(=O)(Nc1cccc(Cl)c1)c1cccc(OC(F)(F)F)c1. The van der Waals surface area contributed by atoms with Crippen LogP contribution in [-0.2, 0) is 10.0 Å². The number of anilines is 1. The van der Waals surface area contributed by atoms with Gasteiger partial charge < -0.3 is 4.74 Å². The zero-order valence-corrected chi connectivity index (χ0v) is 12.3. The van der Waals surface area contributed by atoms with Crippen LogP contribution < -0.4 is 9.46 Å². The second kappa shape index (κ2) is 6.05. The number of nitrogens with one attached hydrogen (secondary N) is 1. The molecule has 0 heterocycles. The van der Waals surface area contributed by atoms with Gasteiger partial charge in [-0.1, -0.05) is 23.7 Å². The van der Waals surface area contributed by atoms with Crippen molar-refractivity contribution in [2.75, 3.05) is 4.72 Å². The summed E-state index contributed by atoms with van der Waals surface area (Å²) in [6.07, 6.45) is -4.90. The van der Waals surface area contributed by atoms with Crippen molar-refractivity contribution in [1.29, 1.82) is 0 Å². The van der Waals surface area contributed by atoms with Gasteiger partial charge in [-0.15, -0.1) is 13.2 Å². The predicted octanol–water partition coefficient (Wildman–Crippen LogP) is 4.04. The van der Waals surface area contributed by atoms with E-state index in [1.54, 1.807) is 6.07 Å². The van der Waals surface area contributed by atoms with Crippen molar-refractivity contribution in [3.8, 4) is 5.75 Å². The molecule has 1 N–H and O–H groups in total. The van der Waals surface area contributed by atoms with E-state index in [4.69, 9.17) is 11.6 Å². The zero-order chi connectivity index (χ0) is 16.4. The summed E-state index contributed by atoms with van der Waals surface area (Å²) in [7, 11) is -4.06. The number of hydrogen-bond donors (Lipinski definition) is 1. The summed E-state index contributed by atoms with van der Waals surface area (Å²) in [6.45, 7) is 0. The molecule has 0 radical (unpaired) electrons. The summed E-state index contributed by atoms with van der Waals surface area (Å²) in [6, 6.07) is 9.99. The maximum Gasteiger partial charge on any atom is 0.573 e. The van der Waals surface area contributed by atoms with E-state index in [0.717, 1.165) is 24.3 Å². The molecule has 0 aliphatic rings. The van der Waals surface area contributed by atoms with Gasteiger partial charge in [-0.2, -0.15) is 0 Å². The summed E-state index contributed by atoms with van der Waals surface area (Å²) >= 11 is 5.74. The van der Waals surface area contributed by atoms with Gasteiger partial charge in [0, 0.05) is 11.1 Å². The van der Waals surface area contributed by atoms with E-state index in [1.165, 1.54) is 18.2 Å². The number of halogens is 4. The Morgan fingerprint density at radius 2 is 1.73 bits per heavy atom. The third kappa shape index (κ3) is 4.54.